The first-order valence-electron chi connectivity index (χ1n) is 8.42. The summed E-state index contributed by atoms with van der Waals surface area (Å²) < 4.78 is 5.45. The van der Waals surface area contributed by atoms with Crippen molar-refractivity contribution in [2.24, 2.45) is 0 Å². The zero-order valence-corrected chi connectivity index (χ0v) is 14.6. The molecule has 0 atom stereocenters. The first-order valence-corrected chi connectivity index (χ1v) is 8.42. The van der Waals surface area contributed by atoms with Crippen LogP contribution in [0.4, 0.5) is 11.5 Å². The van der Waals surface area contributed by atoms with Crippen LogP contribution in [0.15, 0.2) is 42.7 Å². The standard InChI is InChI=1S/C18H21N5O3/c1-14(24)21-15-5-6-17(20-12-15)26-13-18(25)23-10-8-22(9-11-23)16-4-2-3-7-19-16/h2-7,12H,8-11,13H2,1H3,(H,21,24). The summed E-state index contributed by atoms with van der Waals surface area (Å²) in [5.41, 5.74) is 0.585. The number of anilines is 2. The molecular formula is C18H21N5O3. The molecule has 26 heavy (non-hydrogen) atoms. The number of carbonyl (C=O) groups is 2. The molecule has 0 bridgehead atoms. The van der Waals surface area contributed by atoms with Gasteiger partial charge < -0.3 is 19.9 Å². The SMILES string of the molecule is CC(=O)Nc1ccc(OCC(=O)N2CCN(c3ccccn3)CC2)nc1. The Labute approximate surface area is 151 Å². The first kappa shape index (κ1) is 17.7. The summed E-state index contributed by atoms with van der Waals surface area (Å²) in [7, 11) is 0. The van der Waals surface area contributed by atoms with Gasteiger partial charge in [-0.05, 0) is 18.2 Å². The quantitative estimate of drug-likeness (QED) is 0.866. The summed E-state index contributed by atoms with van der Waals surface area (Å²) in [6.45, 7) is 4.12. The van der Waals surface area contributed by atoms with Crippen LogP contribution in [0.3, 0.4) is 0 Å². The Hall–Kier alpha value is -3.16. The van der Waals surface area contributed by atoms with Gasteiger partial charge in [0.2, 0.25) is 11.8 Å². The number of nitrogens with one attached hydrogen (secondary N) is 1. The van der Waals surface area contributed by atoms with Crippen LogP contribution >= 0.6 is 0 Å². The number of nitrogens with zero attached hydrogens (tertiary/aromatic N) is 4. The number of rotatable bonds is 5. The van der Waals surface area contributed by atoms with Gasteiger partial charge in [0.05, 0.1) is 11.9 Å². The third kappa shape index (κ3) is 4.69. The van der Waals surface area contributed by atoms with Gasteiger partial charge in [-0.3, -0.25) is 9.59 Å². The molecule has 136 valence electrons. The lowest BCUT2D eigenvalue weighted by molar-refractivity contribution is -0.133. The summed E-state index contributed by atoms with van der Waals surface area (Å²) in [6.07, 6.45) is 3.26. The summed E-state index contributed by atoms with van der Waals surface area (Å²) in [6, 6.07) is 9.11. The van der Waals surface area contributed by atoms with Crippen LogP contribution in [0.2, 0.25) is 0 Å². The largest absolute Gasteiger partial charge is 0.468 e. The average Bonchev–Trinajstić information content (AvgIpc) is 2.67. The van der Waals surface area contributed by atoms with Crippen LogP contribution < -0.4 is 15.0 Å². The number of ether oxygens (including phenoxy) is 1. The highest BCUT2D eigenvalue weighted by molar-refractivity contribution is 5.88. The van der Waals surface area contributed by atoms with E-state index in [4.69, 9.17) is 4.74 Å². The minimum absolute atomic E-state index is 0.0595. The number of hydrogen-bond donors (Lipinski definition) is 1. The molecule has 1 saturated heterocycles. The van der Waals surface area contributed by atoms with Crippen LogP contribution in [0.1, 0.15) is 6.92 Å². The van der Waals surface area contributed by atoms with Crippen LogP contribution in [0, 0.1) is 0 Å². The fraction of sp³-hybridized carbons (Fsp3) is 0.333. The highest BCUT2D eigenvalue weighted by Crippen LogP contribution is 2.14. The summed E-state index contributed by atoms with van der Waals surface area (Å²) in [5.74, 6) is 1.04. The van der Waals surface area contributed by atoms with Gasteiger partial charge in [0, 0.05) is 45.4 Å². The van der Waals surface area contributed by atoms with Gasteiger partial charge in [-0.25, -0.2) is 9.97 Å². The van der Waals surface area contributed by atoms with Crippen molar-refractivity contribution < 1.29 is 14.3 Å². The van der Waals surface area contributed by atoms with E-state index >= 15 is 0 Å². The molecule has 2 aromatic rings. The molecule has 8 nitrogen and oxygen atoms in total. The van der Waals surface area contributed by atoms with Gasteiger partial charge in [-0.15, -0.1) is 0 Å². The number of pyridine rings is 2. The predicted molar refractivity (Wildman–Crippen MR) is 97.1 cm³/mol. The van der Waals surface area contributed by atoms with Crippen molar-refractivity contribution in [3.05, 3.63) is 42.7 Å². The number of amides is 2. The van der Waals surface area contributed by atoms with Gasteiger partial charge in [-0.2, -0.15) is 0 Å². The second kappa shape index (κ2) is 8.28. The maximum atomic E-state index is 12.3. The molecule has 1 aliphatic rings. The molecule has 3 rings (SSSR count). The van der Waals surface area contributed by atoms with Gasteiger partial charge in [0.25, 0.3) is 5.91 Å². The van der Waals surface area contributed by atoms with Crippen molar-refractivity contribution in [2.45, 2.75) is 6.92 Å². The van der Waals surface area contributed by atoms with E-state index in [-0.39, 0.29) is 18.4 Å². The van der Waals surface area contributed by atoms with Gasteiger partial charge in [0.1, 0.15) is 5.82 Å². The zero-order valence-electron chi connectivity index (χ0n) is 14.6. The summed E-state index contributed by atoms with van der Waals surface area (Å²) >= 11 is 0. The zero-order chi connectivity index (χ0) is 18.4. The molecule has 0 aromatic carbocycles. The van der Waals surface area contributed by atoms with E-state index in [1.165, 1.54) is 13.1 Å². The normalized spacial score (nSPS) is 14.0. The van der Waals surface area contributed by atoms with Crippen molar-refractivity contribution in [1.29, 1.82) is 0 Å². The lowest BCUT2D eigenvalue weighted by Gasteiger charge is -2.35. The Balaban J connectivity index is 1.45. The van der Waals surface area contributed by atoms with E-state index < -0.39 is 0 Å². The lowest BCUT2D eigenvalue weighted by Crippen LogP contribution is -2.50. The molecule has 0 unspecified atom stereocenters. The van der Waals surface area contributed by atoms with E-state index in [2.05, 4.69) is 20.2 Å². The Bertz CT molecular complexity index is 743. The number of aromatic nitrogens is 2. The second-order valence-corrected chi connectivity index (χ2v) is 5.91. The van der Waals surface area contributed by atoms with Crippen molar-refractivity contribution in [1.82, 2.24) is 14.9 Å². The second-order valence-electron chi connectivity index (χ2n) is 5.91. The molecule has 0 radical (unpaired) electrons. The molecule has 2 amide bonds. The third-order valence-corrected chi connectivity index (χ3v) is 4.01. The highest BCUT2D eigenvalue weighted by Gasteiger charge is 2.22. The fourth-order valence-electron chi connectivity index (χ4n) is 2.70. The summed E-state index contributed by atoms with van der Waals surface area (Å²) in [4.78, 5) is 35.6. The maximum Gasteiger partial charge on any atom is 0.260 e. The van der Waals surface area contributed by atoms with E-state index in [1.807, 2.05) is 18.2 Å². The van der Waals surface area contributed by atoms with Crippen molar-refractivity contribution in [3.63, 3.8) is 0 Å². The topological polar surface area (TPSA) is 87.7 Å². The van der Waals surface area contributed by atoms with Crippen molar-refractivity contribution >= 4 is 23.3 Å². The van der Waals surface area contributed by atoms with E-state index in [0.717, 1.165) is 18.9 Å². The van der Waals surface area contributed by atoms with Crippen LogP contribution in [0.25, 0.3) is 0 Å². The molecule has 0 saturated carbocycles. The molecule has 1 fully saturated rings. The molecule has 0 aliphatic carbocycles. The molecule has 1 N–H and O–H groups in total. The van der Waals surface area contributed by atoms with Crippen molar-refractivity contribution in [2.75, 3.05) is 43.0 Å². The predicted octanol–water partition coefficient (Wildman–Crippen LogP) is 1.16. The van der Waals surface area contributed by atoms with Crippen molar-refractivity contribution in [3.8, 4) is 5.88 Å². The summed E-state index contributed by atoms with van der Waals surface area (Å²) in [5, 5.41) is 2.62. The number of piperazine rings is 1. The minimum Gasteiger partial charge on any atom is -0.468 e. The Morgan fingerprint density at radius 3 is 2.54 bits per heavy atom. The van der Waals surface area contributed by atoms with Crippen LogP contribution in [0.5, 0.6) is 5.88 Å². The van der Waals surface area contributed by atoms with E-state index in [1.54, 1.807) is 23.2 Å². The van der Waals surface area contributed by atoms with Gasteiger partial charge >= 0.3 is 0 Å². The third-order valence-electron chi connectivity index (χ3n) is 4.01. The first-order chi connectivity index (χ1) is 12.6. The fourth-order valence-corrected chi connectivity index (χ4v) is 2.70. The monoisotopic (exact) mass is 355 g/mol. The molecule has 2 aromatic heterocycles. The molecule has 8 heteroatoms. The highest BCUT2D eigenvalue weighted by atomic mass is 16.5. The molecular weight excluding hydrogens is 334 g/mol. The van der Waals surface area contributed by atoms with Crippen LogP contribution in [-0.4, -0.2) is 59.5 Å². The van der Waals surface area contributed by atoms with Gasteiger partial charge in [-0.1, -0.05) is 6.07 Å². The average molecular weight is 355 g/mol. The van der Waals surface area contributed by atoms with Gasteiger partial charge in [0.15, 0.2) is 6.61 Å². The van der Waals surface area contributed by atoms with E-state index in [9.17, 15) is 9.59 Å². The molecule has 3 heterocycles. The minimum atomic E-state index is -0.166. The molecule has 0 spiro atoms. The number of hydrogen-bond acceptors (Lipinski definition) is 6. The maximum absolute atomic E-state index is 12.3. The Morgan fingerprint density at radius 2 is 1.92 bits per heavy atom. The smallest absolute Gasteiger partial charge is 0.260 e. The lowest BCUT2D eigenvalue weighted by atomic mass is 10.3. The Kier molecular flexibility index (Phi) is 5.62. The van der Waals surface area contributed by atoms with Crippen LogP contribution in [-0.2, 0) is 9.59 Å². The molecule has 1 aliphatic heterocycles. The van der Waals surface area contributed by atoms with E-state index in [0.29, 0.717) is 24.7 Å². The number of carbonyl (C=O) groups excluding carboxylic acids is 2. The Morgan fingerprint density at radius 1 is 1.12 bits per heavy atom.